The van der Waals surface area contributed by atoms with Crippen LogP contribution in [0.4, 0.5) is 0 Å². The number of hydrogen-bond donors (Lipinski definition) is 1. The minimum atomic E-state index is -0.978. The van der Waals surface area contributed by atoms with Crippen LogP contribution in [0.2, 0.25) is 0 Å². The Morgan fingerprint density at radius 3 is 2.83 bits per heavy atom. The van der Waals surface area contributed by atoms with Gasteiger partial charge in [-0.2, -0.15) is 0 Å². The fourth-order valence-corrected chi connectivity index (χ4v) is 4.25. The SMILES string of the molecule is CC1CCc2c(cc(-c3ccccc3)n2-c2nc(C(=O)O)cs2)C1. The molecule has 0 amide bonds. The van der Waals surface area contributed by atoms with Crippen LogP contribution < -0.4 is 0 Å². The number of hydrogen-bond acceptors (Lipinski definition) is 3. The van der Waals surface area contributed by atoms with E-state index in [2.05, 4.69) is 34.7 Å². The molecule has 0 bridgehead atoms. The van der Waals surface area contributed by atoms with Gasteiger partial charge in [0.05, 0.1) is 5.69 Å². The summed E-state index contributed by atoms with van der Waals surface area (Å²) in [6.45, 7) is 2.29. The van der Waals surface area contributed by atoms with Crippen LogP contribution in [0.1, 0.15) is 35.1 Å². The van der Waals surface area contributed by atoms with Crippen molar-refractivity contribution in [3.8, 4) is 16.4 Å². The van der Waals surface area contributed by atoms with Crippen molar-refractivity contribution < 1.29 is 9.90 Å². The summed E-state index contributed by atoms with van der Waals surface area (Å²) in [4.78, 5) is 15.6. The van der Waals surface area contributed by atoms with E-state index in [1.807, 2.05) is 18.2 Å². The molecule has 0 saturated carbocycles. The van der Waals surface area contributed by atoms with Gasteiger partial charge in [0.15, 0.2) is 10.8 Å². The molecule has 1 aliphatic carbocycles. The molecule has 1 N–H and O–H groups in total. The number of nitrogens with zero attached hydrogens (tertiary/aromatic N) is 2. The Kier molecular flexibility index (Phi) is 3.73. The van der Waals surface area contributed by atoms with Crippen molar-refractivity contribution in [3.63, 3.8) is 0 Å². The normalized spacial score (nSPS) is 16.8. The number of carboxylic acids is 1. The molecule has 4 nitrogen and oxygen atoms in total. The first-order valence-electron chi connectivity index (χ1n) is 8.11. The highest BCUT2D eigenvalue weighted by molar-refractivity contribution is 7.12. The summed E-state index contributed by atoms with van der Waals surface area (Å²) in [7, 11) is 0. The van der Waals surface area contributed by atoms with Crippen LogP contribution in [0, 0.1) is 5.92 Å². The van der Waals surface area contributed by atoms with E-state index in [-0.39, 0.29) is 5.69 Å². The number of aromatic nitrogens is 2. The van der Waals surface area contributed by atoms with Gasteiger partial charge in [-0.25, -0.2) is 9.78 Å². The minimum absolute atomic E-state index is 0.112. The molecule has 0 radical (unpaired) electrons. The molecule has 122 valence electrons. The zero-order valence-corrected chi connectivity index (χ0v) is 14.2. The van der Waals surface area contributed by atoms with Gasteiger partial charge in [-0.3, -0.25) is 4.57 Å². The Bertz CT molecular complexity index is 895. The summed E-state index contributed by atoms with van der Waals surface area (Å²) in [5.74, 6) is -0.295. The van der Waals surface area contributed by atoms with E-state index < -0.39 is 5.97 Å². The molecule has 5 heteroatoms. The summed E-state index contributed by atoms with van der Waals surface area (Å²) in [5.41, 5.74) is 4.98. The van der Waals surface area contributed by atoms with E-state index in [9.17, 15) is 9.90 Å². The lowest BCUT2D eigenvalue weighted by atomic mass is 9.89. The van der Waals surface area contributed by atoms with Crippen LogP contribution in [-0.4, -0.2) is 20.6 Å². The van der Waals surface area contributed by atoms with Crippen molar-refractivity contribution in [3.05, 3.63) is 58.7 Å². The maximum atomic E-state index is 11.2. The number of thiazole rings is 1. The van der Waals surface area contributed by atoms with Gasteiger partial charge in [0.2, 0.25) is 0 Å². The van der Waals surface area contributed by atoms with Crippen molar-refractivity contribution in [2.24, 2.45) is 5.92 Å². The van der Waals surface area contributed by atoms with Gasteiger partial charge in [0, 0.05) is 11.1 Å². The van der Waals surface area contributed by atoms with Crippen molar-refractivity contribution in [1.82, 2.24) is 9.55 Å². The van der Waals surface area contributed by atoms with Crippen molar-refractivity contribution >= 4 is 17.3 Å². The zero-order chi connectivity index (χ0) is 16.7. The predicted molar refractivity (Wildman–Crippen MR) is 95.0 cm³/mol. The van der Waals surface area contributed by atoms with Gasteiger partial charge in [0.1, 0.15) is 0 Å². The maximum absolute atomic E-state index is 11.2. The minimum Gasteiger partial charge on any atom is -0.476 e. The van der Waals surface area contributed by atoms with Gasteiger partial charge in [-0.15, -0.1) is 11.3 Å². The molecule has 0 aliphatic heterocycles. The quantitative estimate of drug-likeness (QED) is 0.769. The molecule has 3 aromatic rings. The number of aromatic carboxylic acids is 1. The van der Waals surface area contributed by atoms with Gasteiger partial charge in [0.25, 0.3) is 0 Å². The highest BCUT2D eigenvalue weighted by Crippen LogP contribution is 2.36. The van der Waals surface area contributed by atoms with Gasteiger partial charge >= 0.3 is 5.97 Å². The summed E-state index contributed by atoms with van der Waals surface area (Å²) in [5, 5.41) is 11.5. The first-order valence-corrected chi connectivity index (χ1v) is 8.99. The Labute approximate surface area is 144 Å². The molecule has 0 saturated heterocycles. The summed E-state index contributed by atoms with van der Waals surface area (Å²) in [6, 6.07) is 12.5. The van der Waals surface area contributed by atoms with Crippen LogP contribution in [0.15, 0.2) is 41.8 Å². The molecule has 1 aliphatic rings. The monoisotopic (exact) mass is 338 g/mol. The summed E-state index contributed by atoms with van der Waals surface area (Å²) < 4.78 is 2.16. The Balaban J connectivity index is 1.91. The fraction of sp³-hybridized carbons (Fsp3) is 0.263. The van der Waals surface area contributed by atoms with Gasteiger partial charge < -0.3 is 5.11 Å². The van der Waals surface area contributed by atoms with Crippen LogP contribution in [-0.2, 0) is 12.8 Å². The van der Waals surface area contributed by atoms with E-state index >= 15 is 0 Å². The first kappa shape index (κ1) is 15.1. The molecule has 1 unspecified atom stereocenters. The number of carbonyl (C=O) groups is 1. The largest absolute Gasteiger partial charge is 0.476 e. The highest BCUT2D eigenvalue weighted by atomic mass is 32.1. The summed E-state index contributed by atoms with van der Waals surface area (Å²) in [6.07, 6.45) is 3.23. The van der Waals surface area contributed by atoms with E-state index in [0.29, 0.717) is 5.92 Å². The van der Waals surface area contributed by atoms with Crippen LogP contribution >= 0.6 is 11.3 Å². The molecule has 1 atom stereocenters. The third kappa shape index (κ3) is 2.55. The number of carboxylic acid groups (broad SMARTS) is 1. The number of fused-ring (bicyclic) bond motifs is 1. The second-order valence-corrected chi connectivity index (χ2v) is 7.21. The zero-order valence-electron chi connectivity index (χ0n) is 13.4. The van der Waals surface area contributed by atoms with Crippen molar-refractivity contribution in [2.75, 3.05) is 0 Å². The molecule has 0 spiro atoms. The lowest BCUT2D eigenvalue weighted by molar-refractivity contribution is 0.0691. The number of benzene rings is 1. The number of rotatable bonds is 3. The first-order chi connectivity index (χ1) is 11.6. The average molecular weight is 338 g/mol. The molecule has 2 aromatic heterocycles. The summed E-state index contributed by atoms with van der Waals surface area (Å²) >= 11 is 1.39. The molecular weight excluding hydrogens is 320 g/mol. The lowest BCUT2D eigenvalue weighted by Crippen LogP contribution is -2.13. The third-order valence-corrected chi connectivity index (χ3v) is 5.43. The third-order valence-electron chi connectivity index (χ3n) is 4.61. The smallest absolute Gasteiger partial charge is 0.355 e. The van der Waals surface area contributed by atoms with Crippen LogP contribution in [0.5, 0.6) is 0 Å². The lowest BCUT2D eigenvalue weighted by Gasteiger charge is -2.20. The standard InChI is InChI=1S/C19H18N2O2S/c1-12-7-8-16-14(9-12)10-17(13-5-3-2-4-6-13)21(16)19-20-15(11-24-19)18(22)23/h2-6,10-12H,7-9H2,1H3,(H,22,23). The Morgan fingerprint density at radius 1 is 1.33 bits per heavy atom. The second kappa shape index (κ2) is 5.91. The fourth-order valence-electron chi connectivity index (χ4n) is 3.42. The van der Waals surface area contributed by atoms with Gasteiger partial charge in [-0.1, -0.05) is 37.3 Å². The van der Waals surface area contributed by atoms with Crippen molar-refractivity contribution in [1.29, 1.82) is 0 Å². The van der Waals surface area contributed by atoms with E-state index in [0.717, 1.165) is 35.7 Å². The topological polar surface area (TPSA) is 55.1 Å². The van der Waals surface area contributed by atoms with Crippen molar-refractivity contribution in [2.45, 2.75) is 26.2 Å². The van der Waals surface area contributed by atoms with Crippen LogP contribution in [0.25, 0.3) is 16.4 Å². The Hall–Kier alpha value is -2.40. The highest BCUT2D eigenvalue weighted by Gasteiger charge is 2.24. The molecule has 2 heterocycles. The van der Waals surface area contributed by atoms with E-state index in [1.54, 1.807) is 5.38 Å². The molecule has 0 fully saturated rings. The Morgan fingerprint density at radius 2 is 2.12 bits per heavy atom. The van der Waals surface area contributed by atoms with Gasteiger partial charge in [-0.05, 0) is 42.4 Å². The molecule has 4 rings (SSSR count). The predicted octanol–water partition coefficient (Wildman–Crippen LogP) is 4.42. The van der Waals surface area contributed by atoms with E-state index in [1.165, 1.54) is 22.6 Å². The molecule has 1 aromatic carbocycles. The molecular formula is C19H18N2O2S. The van der Waals surface area contributed by atoms with Crippen LogP contribution in [0.3, 0.4) is 0 Å². The average Bonchev–Trinajstić information content (AvgIpc) is 3.19. The van der Waals surface area contributed by atoms with E-state index in [4.69, 9.17) is 0 Å². The maximum Gasteiger partial charge on any atom is 0.355 e. The molecule has 24 heavy (non-hydrogen) atoms. The second-order valence-electron chi connectivity index (χ2n) is 6.37.